The molecule has 1 heterocycles. The molecule has 176 valence electrons. The maximum Gasteiger partial charge on any atom is 0.411 e. The van der Waals surface area contributed by atoms with Gasteiger partial charge in [0.05, 0.1) is 11.5 Å². The molecule has 7 nitrogen and oxygen atoms in total. The van der Waals surface area contributed by atoms with E-state index in [9.17, 15) is 18.3 Å². The number of nitrogens with zero attached hydrogens (tertiary/aromatic N) is 1. The summed E-state index contributed by atoms with van der Waals surface area (Å²) in [5, 5.41) is 12.1. The Balaban J connectivity index is 1.24. The van der Waals surface area contributed by atoms with Crippen molar-refractivity contribution in [2.75, 3.05) is 25.1 Å². The maximum atomic E-state index is 12.9. The average molecular weight is 479 g/mol. The molecule has 1 aliphatic heterocycles. The number of fused-ring (bicyclic) bond motifs is 3. The smallest absolute Gasteiger partial charge is 0.411 e. The maximum absolute atomic E-state index is 12.9. The highest BCUT2D eigenvalue weighted by Gasteiger charge is 2.35. The van der Waals surface area contributed by atoms with E-state index in [0.29, 0.717) is 18.7 Å². The first kappa shape index (κ1) is 22.6. The van der Waals surface area contributed by atoms with Gasteiger partial charge in [-0.15, -0.1) is 0 Å². The highest BCUT2D eigenvalue weighted by Crippen LogP contribution is 2.44. The second-order valence-corrected chi connectivity index (χ2v) is 10.5. The molecule has 0 aromatic heterocycles. The number of amides is 1. The number of anilines is 1. The molecule has 0 bridgehead atoms. The Bertz CT molecular complexity index is 1260. The Morgan fingerprint density at radius 1 is 0.971 bits per heavy atom. The minimum atomic E-state index is -3.69. The second kappa shape index (κ2) is 9.21. The first-order chi connectivity index (χ1) is 16.5. The Labute approximate surface area is 199 Å². The van der Waals surface area contributed by atoms with Crippen LogP contribution in [0.15, 0.2) is 77.7 Å². The van der Waals surface area contributed by atoms with E-state index in [1.807, 2.05) is 24.3 Å². The van der Waals surface area contributed by atoms with Crippen LogP contribution in [0.1, 0.15) is 29.9 Å². The minimum absolute atomic E-state index is 0.0365. The lowest BCUT2D eigenvalue weighted by atomic mass is 9.98. The number of sulfonamides is 1. The second-order valence-electron chi connectivity index (χ2n) is 8.57. The molecule has 2 N–H and O–H groups in total. The van der Waals surface area contributed by atoms with E-state index in [2.05, 4.69) is 29.6 Å². The van der Waals surface area contributed by atoms with Crippen LogP contribution in [0.25, 0.3) is 11.1 Å². The molecule has 1 fully saturated rings. The van der Waals surface area contributed by atoms with Crippen LogP contribution in [0.4, 0.5) is 10.5 Å². The van der Waals surface area contributed by atoms with Crippen LogP contribution < -0.4 is 5.32 Å². The molecule has 0 radical (unpaired) electrons. The van der Waals surface area contributed by atoms with Crippen LogP contribution in [0, 0.1) is 0 Å². The van der Waals surface area contributed by atoms with Crippen LogP contribution in [0.2, 0.25) is 0 Å². The summed E-state index contributed by atoms with van der Waals surface area (Å²) in [5.41, 5.74) is 5.02. The molecule has 0 saturated carbocycles. The lowest BCUT2D eigenvalue weighted by Crippen LogP contribution is -2.37. The van der Waals surface area contributed by atoms with Crippen molar-refractivity contribution in [1.29, 1.82) is 0 Å². The zero-order valence-electron chi connectivity index (χ0n) is 18.6. The van der Waals surface area contributed by atoms with Gasteiger partial charge >= 0.3 is 6.09 Å². The number of hydrogen-bond acceptors (Lipinski definition) is 5. The summed E-state index contributed by atoms with van der Waals surface area (Å²) in [5.74, 6) is -0.0365. The van der Waals surface area contributed by atoms with Gasteiger partial charge in [0.15, 0.2) is 0 Å². The van der Waals surface area contributed by atoms with Crippen LogP contribution in [-0.4, -0.2) is 49.7 Å². The number of nitrogens with one attached hydrogen (secondary N) is 1. The number of benzene rings is 3. The number of hydrogen-bond donors (Lipinski definition) is 2. The Morgan fingerprint density at radius 2 is 1.59 bits per heavy atom. The summed E-state index contributed by atoms with van der Waals surface area (Å²) in [7, 11) is -3.69. The van der Waals surface area contributed by atoms with Gasteiger partial charge in [-0.25, -0.2) is 13.2 Å². The number of aliphatic hydroxyl groups excluding tert-OH is 1. The van der Waals surface area contributed by atoms with Crippen molar-refractivity contribution in [3.05, 3.63) is 83.9 Å². The lowest BCUT2D eigenvalue weighted by molar-refractivity contribution is 0.158. The van der Waals surface area contributed by atoms with Gasteiger partial charge in [-0.3, -0.25) is 5.32 Å². The van der Waals surface area contributed by atoms with Gasteiger partial charge in [0.2, 0.25) is 10.0 Å². The van der Waals surface area contributed by atoms with Crippen LogP contribution in [-0.2, 0) is 14.8 Å². The van der Waals surface area contributed by atoms with E-state index in [1.165, 1.54) is 16.4 Å². The highest BCUT2D eigenvalue weighted by molar-refractivity contribution is 7.89. The Morgan fingerprint density at radius 3 is 2.21 bits per heavy atom. The van der Waals surface area contributed by atoms with Gasteiger partial charge in [-0.2, -0.15) is 4.31 Å². The summed E-state index contributed by atoms with van der Waals surface area (Å²) in [6.07, 6.45) is 0.778. The van der Waals surface area contributed by atoms with Crippen molar-refractivity contribution in [3.63, 3.8) is 0 Å². The highest BCUT2D eigenvalue weighted by atomic mass is 32.2. The van der Waals surface area contributed by atoms with Gasteiger partial charge in [0, 0.05) is 24.2 Å². The third kappa shape index (κ3) is 4.09. The summed E-state index contributed by atoms with van der Waals surface area (Å²) in [4.78, 5) is 12.6. The third-order valence-corrected chi connectivity index (χ3v) is 8.55. The zero-order valence-corrected chi connectivity index (χ0v) is 19.4. The van der Waals surface area contributed by atoms with Crippen molar-refractivity contribution in [3.8, 4) is 11.1 Å². The topological polar surface area (TPSA) is 95.9 Å². The quantitative estimate of drug-likeness (QED) is 0.554. The summed E-state index contributed by atoms with van der Waals surface area (Å²) in [6, 6.07) is 21.9. The van der Waals surface area contributed by atoms with Crippen molar-refractivity contribution < 1.29 is 23.1 Å². The first-order valence-corrected chi connectivity index (χ1v) is 12.8. The summed E-state index contributed by atoms with van der Waals surface area (Å²) >= 11 is 0. The summed E-state index contributed by atoms with van der Waals surface area (Å²) in [6.45, 7) is 0.401. The van der Waals surface area contributed by atoms with Gasteiger partial charge in [0.1, 0.15) is 6.61 Å². The number of ether oxygens (including phenoxy) is 1. The van der Waals surface area contributed by atoms with Crippen molar-refractivity contribution in [2.24, 2.45) is 0 Å². The molecule has 5 rings (SSSR count). The van der Waals surface area contributed by atoms with E-state index in [1.54, 1.807) is 12.1 Å². The van der Waals surface area contributed by atoms with E-state index >= 15 is 0 Å². The minimum Gasteiger partial charge on any atom is -0.448 e. The van der Waals surface area contributed by atoms with Crippen molar-refractivity contribution >= 4 is 21.8 Å². The molecule has 8 heteroatoms. The molecule has 1 atom stereocenters. The molecule has 34 heavy (non-hydrogen) atoms. The van der Waals surface area contributed by atoms with Crippen LogP contribution in [0.5, 0.6) is 0 Å². The number of carbonyl (C=O) groups excluding carboxylic acids is 1. The number of carbonyl (C=O) groups is 1. The standard InChI is InChI=1S/C26H26N2O5S/c29-16-19-6-5-15-28(19)34(31,32)20-13-11-18(12-14-20)27-26(30)33-17-25-23-9-3-1-7-21(23)22-8-2-4-10-24(22)25/h1-4,7-14,19,25,29H,5-6,15-17H2,(H,27,30). The van der Waals surface area contributed by atoms with Gasteiger partial charge in [0.25, 0.3) is 0 Å². The zero-order chi connectivity index (χ0) is 23.7. The fraction of sp³-hybridized carbons (Fsp3) is 0.269. The lowest BCUT2D eigenvalue weighted by Gasteiger charge is -2.22. The molecule has 1 aliphatic carbocycles. The van der Waals surface area contributed by atoms with Crippen molar-refractivity contribution in [2.45, 2.75) is 29.7 Å². The normalized spacial score (nSPS) is 17.9. The summed E-state index contributed by atoms with van der Waals surface area (Å²) < 4.78 is 32.7. The third-order valence-electron chi connectivity index (χ3n) is 6.58. The van der Waals surface area contributed by atoms with Gasteiger partial charge in [-0.05, 0) is 59.4 Å². The van der Waals surface area contributed by atoms with Gasteiger partial charge < -0.3 is 9.84 Å². The van der Waals surface area contributed by atoms with Crippen LogP contribution >= 0.6 is 0 Å². The Hall–Kier alpha value is -3.20. The fourth-order valence-electron chi connectivity index (χ4n) is 4.91. The molecular formula is C26H26N2O5S. The largest absolute Gasteiger partial charge is 0.448 e. The predicted molar refractivity (Wildman–Crippen MR) is 129 cm³/mol. The molecule has 2 aliphatic rings. The number of aliphatic hydroxyl groups is 1. The van der Waals surface area contributed by atoms with E-state index in [-0.39, 0.29) is 30.1 Å². The monoisotopic (exact) mass is 478 g/mol. The SMILES string of the molecule is O=C(Nc1ccc(S(=O)(=O)N2CCCC2CO)cc1)OCC1c2ccccc2-c2ccccc21. The van der Waals surface area contributed by atoms with Gasteiger partial charge in [-0.1, -0.05) is 48.5 Å². The van der Waals surface area contributed by atoms with E-state index in [0.717, 1.165) is 28.7 Å². The molecular weight excluding hydrogens is 452 g/mol. The molecule has 3 aromatic carbocycles. The fourth-order valence-corrected chi connectivity index (χ4v) is 6.59. The number of rotatable bonds is 6. The first-order valence-electron chi connectivity index (χ1n) is 11.3. The molecule has 3 aromatic rings. The van der Waals surface area contributed by atoms with E-state index in [4.69, 9.17) is 4.74 Å². The van der Waals surface area contributed by atoms with Crippen molar-refractivity contribution in [1.82, 2.24) is 4.31 Å². The molecule has 1 saturated heterocycles. The van der Waals surface area contributed by atoms with E-state index < -0.39 is 16.1 Å². The molecule has 0 spiro atoms. The predicted octanol–water partition coefficient (Wildman–Crippen LogP) is 4.19. The molecule has 1 unspecified atom stereocenters. The molecule has 1 amide bonds. The average Bonchev–Trinajstić information content (AvgIpc) is 3.47. The Kier molecular flexibility index (Phi) is 6.12. The van der Waals surface area contributed by atoms with Crippen LogP contribution in [0.3, 0.4) is 0 Å².